The van der Waals surface area contributed by atoms with Crippen molar-refractivity contribution in [2.24, 2.45) is 7.05 Å². The maximum Gasteiger partial charge on any atom is 0.105 e. The minimum absolute atomic E-state index is 0.164. The number of hydrogen-bond acceptors (Lipinski definition) is 3. The topological polar surface area (TPSA) is 43.0 Å². The molecule has 0 fully saturated rings. The van der Waals surface area contributed by atoms with E-state index in [2.05, 4.69) is 17.3 Å². The second kappa shape index (κ2) is 4.53. The van der Waals surface area contributed by atoms with Gasteiger partial charge >= 0.3 is 0 Å². The van der Waals surface area contributed by atoms with Crippen LogP contribution in [0.3, 0.4) is 0 Å². The molecule has 0 spiro atoms. The predicted octanol–water partition coefficient (Wildman–Crippen LogP) is 2.02. The first-order valence-corrected chi connectivity index (χ1v) is 5.48. The number of nitrogens with one attached hydrogen (secondary N) is 1. The molecule has 0 aliphatic heterocycles. The van der Waals surface area contributed by atoms with Gasteiger partial charge in [0.2, 0.25) is 0 Å². The van der Waals surface area contributed by atoms with Crippen molar-refractivity contribution >= 4 is 0 Å². The van der Waals surface area contributed by atoms with E-state index in [1.54, 1.807) is 6.26 Å². The molecule has 1 N–H and O–H groups in total. The van der Waals surface area contributed by atoms with Gasteiger partial charge < -0.3 is 9.73 Å². The van der Waals surface area contributed by atoms with Gasteiger partial charge in [0.15, 0.2) is 0 Å². The molecule has 4 heteroatoms. The molecule has 0 bridgehead atoms. The minimum atomic E-state index is 0.164. The van der Waals surface area contributed by atoms with Gasteiger partial charge in [-0.2, -0.15) is 5.10 Å². The maximum absolute atomic E-state index is 5.35. The van der Waals surface area contributed by atoms with Gasteiger partial charge in [0.1, 0.15) is 5.76 Å². The molecular formula is C12H17N3O. The van der Waals surface area contributed by atoms with E-state index in [4.69, 9.17) is 4.42 Å². The van der Waals surface area contributed by atoms with Gasteiger partial charge in [-0.05, 0) is 19.5 Å². The Kier molecular flexibility index (Phi) is 3.10. The highest BCUT2D eigenvalue weighted by atomic mass is 16.3. The Balaban J connectivity index is 2.34. The fourth-order valence-electron chi connectivity index (χ4n) is 1.89. The van der Waals surface area contributed by atoms with Gasteiger partial charge in [-0.25, -0.2) is 0 Å². The molecule has 2 rings (SSSR count). The van der Waals surface area contributed by atoms with E-state index in [9.17, 15) is 0 Å². The lowest BCUT2D eigenvalue weighted by Gasteiger charge is -2.15. The zero-order valence-electron chi connectivity index (χ0n) is 9.90. The molecule has 1 unspecified atom stereocenters. The standard InChI is InChI=1S/C12H17N3O/c1-4-13-12(10-7-14-15(3)8-10)11-5-6-16-9(11)2/h5-8,12-13H,4H2,1-3H3. The van der Waals surface area contributed by atoms with Gasteiger partial charge in [-0.15, -0.1) is 0 Å². The quantitative estimate of drug-likeness (QED) is 0.855. The first-order chi connectivity index (χ1) is 7.72. The molecule has 0 aromatic carbocycles. The lowest BCUT2D eigenvalue weighted by molar-refractivity contribution is 0.520. The molecule has 0 amide bonds. The Morgan fingerprint density at radius 3 is 2.88 bits per heavy atom. The average Bonchev–Trinajstić information content (AvgIpc) is 2.84. The van der Waals surface area contributed by atoms with E-state index in [1.165, 1.54) is 5.56 Å². The van der Waals surface area contributed by atoms with Crippen LogP contribution in [0, 0.1) is 6.92 Å². The summed E-state index contributed by atoms with van der Waals surface area (Å²) in [4.78, 5) is 0. The van der Waals surface area contributed by atoms with Crippen LogP contribution in [-0.2, 0) is 7.05 Å². The van der Waals surface area contributed by atoms with E-state index >= 15 is 0 Å². The largest absolute Gasteiger partial charge is 0.469 e. The molecule has 2 heterocycles. The average molecular weight is 219 g/mol. The Morgan fingerprint density at radius 2 is 2.38 bits per heavy atom. The molecule has 0 aliphatic rings. The highest BCUT2D eigenvalue weighted by Crippen LogP contribution is 2.24. The van der Waals surface area contributed by atoms with Gasteiger partial charge in [0.05, 0.1) is 18.5 Å². The van der Waals surface area contributed by atoms with Crippen molar-refractivity contribution in [1.29, 1.82) is 0 Å². The molecule has 0 saturated heterocycles. The summed E-state index contributed by atoms with van der Waals surface area (Å²) in [6.07, 6.45) is 5.64. The first kappa shape index (κ1) is 11.0. The number of nitrogens with zero attached hydrogens (tertiary/aromatic N) is 2. The van der Waals surface area contributed by atoms with Crippen molar-refractivity contribution < 1.29 is 4.42 Å². The predicted molar refractivity (Wildman–Crippen MR) is 62.2 cm³/mol. The Hall–Kier alpha value is -1.55. The minimum Gasteiger partial charge on any atom is -0.469 e. The van der Waals surface area contributed by atoms with Gasteiger partial charge in [-0.1, -0.05) is 6.92 Å². The maximum atomic E-state index is 5.35. The normalized spacial score (nSPS) is 12.9. The van der Waals surface area contributed by atoms with Crippen LogP contribution in [0.5, 0.6) is 0 Å². The fourth-order valence-corrected chi connectivity index (χ4v) is 1.89. The van der Waals surface area contributed by atoms with E-state index < -0.39 is 0 Å². The zero-order valence-corrected chi connectivity index (χ0v) is 9.90. The van der Waals surface area contributed by atoms with Crippen molar-refractivity contribution in [2.75, 3.05) is 6.54 Å². The van der Waals surface area contributed by atoms with Gasteiger partial charge in [-0.3, -0.25) is 4.68 Å². The summed E-state index contributed by atoms with van der Waals surface area (Å²) >= 11 is 0. The summed E-state index contributed by atoms with van der Waals surface area (Å²) in [6, 6.07) is 2.17. The number of hydrogen-bond donors (Lipinski definition) is 1. The molecule has 0 saturated carbocycles. The van der Waals surface area contributed by atoms with Crippen LogP contribution < -0.4 is 5.32 Å². The summed E-state index contributed by atoms with van der Waals surface area (Å²) in [5.74, 6) is 0.954. The second-order valence-corrected chi connectivity index (χ2v) is 3.87. The second-order valence-electron chi connectivity index (χ2n) is 3.87. The number of aryl methyl sites for hydroxylation is 2. The smallest absolute Gasteiger partial charge is 0.105 e. The first-order valence-electron chi connectivity index (χ1n) is 5.48. The van der Waals surface area contributed by atoms with Crippen molar-refractivity contribution in [3.63, 3.8) is 0 Å². The number of aromatic nitrogens is 2. The van der Waals surface area contributed by atoms with Crippen LogP contribution >= 0.6 is 0 Å². The van der Waals surface area contributed by atoms with Gasteiger partial charge in [0, 0.05) is 24.4 Å². The number of rotatable bonds is 4. The summed E-state index contributed by atoms with van der Waals surface area (Å²) < 4.78 is 7.17. The van der Waals surface area contributed by atoms with Crippen molar-refractivity contribution in [2.45, 2.75) is 19.9 Å². The molecule has 1 atom stereocenters. The van der Waals surface area contributed by atoms with Crippen molar-refractivity contribution in [3.05, 3.63) is 41.6 Å². The van der Waals surface area contributed by atoms with E-state index in [-0.39, 0.29) is 6.04 Å². The van der Waals surface area contributed by atoms with Crippen LogP contribution in [0.1, 0.15) is 29.9 Å². The molecule has 4 nitrogen and oxygen atoms in total. The summed E-state index contributed by atoms with van der Waals surface area (Å²) in [5, 5.41) is 7.65. The number of furan rings is 1. The molecule has 0 aliphatic carbocycles. The Morgan fingerprint density at radius 1 is 1.56 bits per heavy atom. The molecule has 2 aromatic heterocycles. The van der Waals surface area contributed by atoms with E-state index in [0.29, 0.717) is 0 Å². The third kappa shape index (κ3) is 2.02. The fraction of sp³-hybridized carbons (Fsp3) is 0.417. The molecular weight excluding hydrogens is 202 g/mol. The lowest BCUT2D eigenvalue weighted by atomic mass is 10.0. The Labute approximate surface area is 95.3 Å². The third-order valence-electron chi connectivity index (χ3n) is 2.68. The molecule has 0 radical (unpaired) electrons. The lowest BCUT2D eigenvalue weighted by Crippen LogP contribution is -2.21. The highest BCUT2D eigenvalue weighted by molar-refractivity contribution is 5.30. The van der Waals surface area contributed by atoms with Crippen LogP contribution in [0.25, 0.3) is 0 Å². The van der Waals surface area contributed by atoms with E-state index in [1.807, 2.05) is 37.1 Å². The summed E-state index contributed by atoms with van der Waals surface area (Å²) in [7, 11) is 1.93. The monoisotopic (exact) mass is 219 g/mol. The van der Waals surface area contributed by atoms with E-state index in [0.717, 1.165) is 17.9 Å². The van der Waals surface area contributed by atoms with Crippen molar-refractivity contribution in [3.8, 4) is 0 Å². The molecule has 2 aromatic rings. The SMILES string of the molecule is CCNC(c1cnn(C)c1)c1ccoc1C. The Bertz CT molecular complexity index is 458. The van der Waals surface area contributed by atoms with Crippen LogP contribution in [0.2, 0.25) is 0 Å². The highest BCUT2D eigenvalue weighted by Gasteiger charge is 2.18. The van der Waals surface area contributed by atoms with Gasteiger partial charge in [0.25, 0.3) is 0 Å². The van der Waals surface area contributed by atoms with Crippen LogP contribution in [-0.4, -0.2) is 16.3 Å². The zero-order chi connectivity index (χ0) is 11.5. The third-order valence-corrected chi connectivity index (χ3v) is 2.68. The van der Waals surface area contributed by atoms with Crippen LogP contribution in [0.15, 0.2) is 29.1 Å². The van der Waals surface area contributed by atoms with Crippen molar-refractivity contribution in [1.82, 2.24) is 15.1 Å². The molecule has 86 valence electrons. The summed E-state index contributed by atoms with van der Waals surface area (Å²) in [6.45, 7) is 4.99. The molecule has 16 heavy (non-hydrogen) atoms. The van der Waals surface area contributed by atoms with Crippen LogP contribution in [0.4, 0.5) is 0 Å². The summed E-state index contributed by atoms with van der Waals surface area (Å²) in [5.41, 5.74) is 2.34.